The van der Waals surface area contributed by atoms with Crippen LogP contribution in [0.5, 0.6) is 0 Å². The van der Waals surface area contributed by atoms with E-state index in [1.54, 1.807) is 0 Å². The summed E-state index contributed by atoms with van der Waals surface area (Å²) in [5.74, 6) is 0.155. The minimum atomic E-state index is -4.42. The molecular weight excluding hydrogens is 293 g/mol. The Morgan fingerprint density at radius 3 is 2.65 bits per heavy atom. The number of alkyl halides is 3. The molecule has 1 aromatic heterocycles. The van der Waals surface area contributed by atoms with Crippen LogP contribution in [0.2, 0.25) is 5.28 Å². The molecule has 0 saturated carbocycles. The first-order valence-corrected chi connectivity index (χ1v) is 5.88. The lowest BCUT2D eigenvalue weighted by Crippen LogP contribution is -2.08. The molecule has 0 aliphatic heterocycles. The number of hydrogen-bond donors (Lipinski definition) is 2. The van der Waals surface area contributed by atoms with Gasteiger partial charge in [0.05, 0.1) is 17.4 Å². The Morgan fingerprint density at radius 1 is 1.30 bits per heavy atom. The molecule has 0 atom stereocenters. The summed E-state index contributed by atoms with van der Waals surface area (Å²) in [6.07, 6.45) is -3.15. The van der Waals surface area contributed by atoms with Gasteiger partial charge in [-0.15, -0.1) is 0 Å². The van der Waals surface area contributed by atoms with Gasteiger partial charge in [0.2, 0.25) is 5.28 Å². The van der Waals surface area contributed by atoms with E-state index >= 15 is 0 Å². The first-order chi connectivity index (χ1) is 9.27. The zero-order valence-electron chi connectivity index (χ0n) is 10.3. The zero-order chi connectivity index (χ0) is 14.9. The van der Waals surface area contributed by atoms with Crippen LogP contribution >= 0.6 is 11.6 Å². The first kappa shape index (κ1) is 14.4. The maximum absolute atomic E-state index is 12.8. The van der Waals surface area contributed by atoms with Crippen molar-refractivity contribution in [3.63, 3.8) is 0 Å². The smallest absolute Gasteiger partial charge is 0.394 e. The van der Waals surface area contributed by atoms with Crippen LogP contribution in [0.4, 0.5) is 30.4 Å². The second-order valence-corrected chi connectivity index (χ2v) is 4.43. The number of aromatic nitrogens is 2. The van der Waals surface area contributed by atoms with Crippen LogP contribution < -0.4 is 11.1 Å². The van der Waals surface area contributed by atoms with Crippen molar-refractivity contribution < 1.29 is 13.2 Å². The Labute approximate surface area is 117 Å². The van der Waals surface area contributed by atoms with Crippen molar-refractivity contribution in [1.29, 1.82) is 0 Å². The molecule has 8 heteroatoms. The molecule has 0 fully saturated rings. The molecule has 0 spiro atoms. The molecule has 0 aliphatic carbocycles. The standard InChI is InChI=1S/C12H10ClF3N4/c1-6-2-3-7(4-8(6)12(14,15)16)19-10-9(17)5-18-11(13)20-10/h2-5H,17H2,1H3,(H,18,19,20). The second kappa shape index (κ2) is 5.16. The summed E-state index contributed by atoms with van der Waals surface area (Å²) in [5, 5.41) is 2.64. The van der Waals surface area contributed by atoms with Gasteiger partial charge in [-0.3, -0.25) is 0 Å². The zero-order valence-corrected chi connectivity index (χ0v) is 11.0. The van der Waals surface area contributed by atoms with Crippen molar-refractivity contribution in [3.05, 3.63) is 40.8 Å². The number of rotatable bonds is 2. The van der Waals surface area contributed by atoms with Crippen molar-refractivity contribution in [2.24, 2.45) is 0 Å². The third kappa shape index (κ3) is 3.11. The minimum Gasteiger partial charge on any atom is -0.394 e. The highest BCUT2D eigenvalue weighted by Crippen LogP contribution is 2.34. The summed E-state index contributed by atoms with van der Waals surface area (Å²) in [7, 11) is 0. The molecule has 4 nitrogen and oxygen atoms in total. The van der Waals surface area contributed by atoms with Gasteiger partial charge in [-0.25, -0.2) is 4.98 Å². The fourth-order valence-corrected chi connectivity index (χ4v) is 1.74. The molecule has 0 bridgehead atoms. The number of nitrogens with zero attached hydrogens (tertiary/aromatic N) is 2. The number of hydrogen-bond acceptors (Lipinski definition) is 4. The van der Waals surface area contributed by atoms with Crippen LogP contribution in [0.3, 0.4) is 0 Å². The third-order valence-electron chi connectivity index (χ3n) is 2.59. The van der Waals surface area contributed by atoms with Crippen molar-refractivity contribution in [2.75, 3.05) is 11.1 Å². The molecule has 0 aliphatic rings. The minimum absolute atomic E-state index is 0.0511. The Bertz CT molecular complexity index is 643. The number of aryl methyl sites for hydroxylation is 1. The molecule has 1 aromatic carbocycles. The third-order valence-corrected chi connectivity index (χ3v) is 2.78. The predicted molar refractivity (Wildman–Crippen MR) is 70.9 cm³/mol. The van der Waals surface area contributed by atoms with E-state index < -0.39 is 11.7 Å². The molecule has 2 rings (SSSR count). The molecule has 0 radical (unpaired) electrons. The highest BCUT2D eigenvalue weighted by atomic mass is 35.5. The number of benzene rings is 1. The Balaban J connectivity index is 2.37. The van der Waals surface area contributed by atoms with Crippen LogP contribution in [0.25, 0.3) is 0 Å². The number of nitrogens with two attached hydrogens (primary N) is 1. The van der Waals surface area contributed by atoms with Crippen LogP contribution in [0, 0.1) is 6.92 Å². The van der Waals surface area contributed by atoms with Crippen LogP contribution in [-0.2, 0) is 6.18 Å². The average molecular weight is 303 g/mol. The largest absolute Gasteiger partial charge is 0.416 e. The number of nitrogen functional groups attached to an aromatic ring is 1. The summed E-state index contributed by atoms with van der Waals surface area (Å²) in [6, 6.07) is 3.86. The molecule has 20 heavy (non-hydrogen) atoms. The van der Waals surface area contributed by atoms with Gasteiger partial charge < -0.3 is 11.1 Å². The van der Waals surface area contributed by atoms with Gasteiger partial charge in [-0.05, 0) is 36.2 Å². The molecular formula is C12H10ClF3N4. The fourth-order valence-electron chi connectivity index (χ4n) is 1.61. The normalized spacial score (nSPS) is 11.4. The maximum atomic E-state index is 12.8. The van der Waals surface area contributed by atoms with Crippen LogP contribution in [-0.4, -0.2) is 9.97 Å². The van der Waals surface area contributed by atoms with Crippen LogP contribution in [0.1, 0.15) is 11.1 Å². The highest BCUT2D eigenvalue weighted by Gasteiger charge is 2.32. The fraction of sp³-hybridized carbons (Fsp3) is 0.167. The van der Waals surface area contributed by atoms with E-state index in [2.05, 4.69) is 15.3 Å². The van der Waals surface area contributed by atoms with Gasteiger partial charge in [0, 0.05) is 5.69 Å². The van der Waals surface area contributed by atoms with Crippen molar-refractivity contribution in [1.82, 2.24) is 9.97 Å². The molecule has 0 amide bonds. The van der Waals surface area contributed by atoms with E-state index in [0.29, 0.717) is 0 Å². The van der Waals surface area contributed by atoms with E-state index in [9.17, 15) is 13.2 Å². The predicted octanol–water partition coefficient (Wildman–Crippen LogP) is 3.78. The quantitative estimate of drug-likeness (QED) is 0.829. The summed E-state index contributed by atoms with van der Waals surface area (Å²) in [4.78, 5) is 7.48. The molecule has 0 saturated heterocycles. The summed E-state index contributed by atoms with van der Waals surface area (Å²) >= 11 is 5.61. The first-order valence-electron chi connectivity index (χ1n) is 5.50. The monoisotopic (exact) mass is 302 g/mol. The lowest BCUT2D eigenvalue weighted by atomic mass is 10.1. The summed E-state index contributed by atoms with van der Waals surface area (Å²) < 4.78 is 38.4. The SMILES string of the molecule is Cc1ccc(Nc2nc(Cl)ncc2N)cc1C(F)(F)F. The Hall–Kier alpha value is -2.02. The van der Waals surface area contributed by atoms with Gasteiger partial charge in [-0.1, -0.05) is 6.07 Å². The Morgan fingerprint density at radius 2 is 2.00 bits per heavy atom. The average Bonchev–Trinajstić information content (AvgIpc) is 2.35. The van der Waals surface area contributed by atoms with Gasteiger partial charge in [-0.2, -0.15) is 18.2 Å². The molecule has 3 N–H and O–H groups in total. The van der Waals surface area contributed by atoms with Gasteiger partial charge in [0.1, 0.15) is 0 Å². The lowest BCUT2D eigenvalue weighted by Gasteiger charge is -2.13. The van der Waals surface area contributed by atoms with E-state index in [1.165, 1.54) is 25.3 Å². The molecule has 1 heterocycles. The lowest BCUT2D eigenvalue weighted by molar-refractivity contribution is -0.138. The maximum Gasteiger partial charge on any atom is 0.416 e. The van der Waals surface area contributed by atoms with E-state index in [-0.39, 0.29) is 28.0 Å². The van der Waals surface area contributed by atoms with Gasteiger partial charge in [0.15, 0.2) is 5.82 Å². The Kier molecular flexibility index (Phi) is 3.71. The van der Waals surface area contributed by atoms with Crippen molar-refractivity contribution in [3.8, 4) is 0 Å². The van der Waals surface area contributed by atoms with E-state index in [4.69, 9.17) is 17.3 Å². The summed E-state index contributed by atoms with van der Waals surface area (Å²) in [6.45, 7) is 1.39. The van der Waals surface area contributed by atoms with Gasteiger partial charge >= 0.3 is 6.18 Å². The van der Waals surface area contributed by atoms with E-state index in [0.717, 1.165) is 6.07 Å². The second-order valence-electron chi connectivity index (χ2n) is 4.10. The number of halogens is 4. The topological polar surface area (TPSA) is 63.8 Å². The number of anilines is 3. The molecule has 0 unspecified atom stereocenters. The van der Waals surface area contributed by atoms with Gasteiger partial charge in [0.25, 0.3) is 0 Å². The van der Waals surface area contributed by atoms with Crippen molar-refractivity contribution in [2.45, 2.75) is 13.1 Å². The molecule has 106 valence electrons. The van der Waals surface area contributed by atoms with E-state index in [1.807, 2.05) is 0 Å². The van der Waals surface area contributed by atoms with Crippen molar-refractivity contribution >= 4 is 28.8 Å². The summed E-state index contributed by atoms with van der Waals surface area (Å²) in [5.41, 5.74) is 5.43. The molecule has 2 aromatic rings. The van der Waals surface area contributed by atoms with Crippen LogP contribution in [0.15, 0.2) is 24.4 Å². The number of nitrogens with one attached hydrogen (secondary N) is 1. The highest BCUT2D eigenvalue weighted by molar-refractivity contribution is 6.28.